The molecule has 0 bridgehead atoms. The highest BCUT2D eigenvalue weighted by Gasteiger charge is 2.24. The normalized spacial score (nSPS) is 21.1. The molecule has 0 saturated carbocycles. The third-order valence-corrected chi connectivity index (χ3v) is 3.80. The Hall–Kier alpha value is -0.810. The van der Waals surface area contributed by atoms with E-state index in [2.05, 4.69) is 5.43 Å². The number of nitrogens with two attached hydrogens (primary N) is 1. The van der Waals surface area contributed by atoms with Crippen molar-refractivity contribution in [1.82, 2.24) is 5.43 Å². The number of benzene rings is 1. The monoisotopic (exact) mass is 284 g/mol. The minimum Gasteiger partial charge on any atom is -0.496 e. The first kappa shape index (κ1) is 14.6. The van der Waals surface area contributed by atoms with E-state index >= 15 is 0 Å². The fourth-order valence-corrected chi connectivity index (χ4v) is 2.72. The molecule has 1 fully saturated rings. The lowest BCUT2D eigenvalue weighted by Gasteiger charge is -2.30. The van der Waals surface area contributed by atoms with Crippen molar-refractivity contribution in [2.45, 2.75) is 37.8 Å². The summed E-state index contributed by atoms with van der Waals surface area (Å²) in [5.74, 6) is 6.51. The Morgan fingerprint density at radius 1 is 1.53 bits per heavy atom. The first-order valence-electron chi connectivity index (χ1n) is 6.64. The highest BCUT2D eigenvalue weighted by atomic mass is 35.5. The van der Waals surface area contributed by atoms with Crippen molar-refractivity contribution in [3.63, 3.8) is 0 Å². The maximum absolute atomic E-state index is 6.05. The summed E-state index contributed by atoms with van der Waals surface area (Å²) in [7, 11) is 1.66. The smallest absolute Gasteiger partial charge is 0.122 e. The Kier molecular flexibility index (Phi) is 5.45. The number of hydrogen-bond donors (Lipinski definition) is 2. The number of methoxy groups -OCH3 is 1. The van der Waals surface area contributed by atoms with Crippen molar-refractivity contribution < 1.29 is 9.47 Å². The van der Waals surface area contributed by atoms with Crippen LogP contribution in [0, 0.1) is 0 Å². The van der Waals surface area contributed by atoms with Crippen molar-refractivity contribution in [3.05, 3.63) is 28.8 Å². The number of hydrogen-bond acceptors (Lipinski definition) is 4. The molecule has 0 radical (unpaired) electrons. The molecule has 0 aliphatic carbocycles. The minimum absolute atomic E-state index is 0.0765. The van der Waals surface area contributed by atoms with Crippen molar-refractivity contribution in [2.75, 3.05) is 13.7 Å². The molecule has 2 atom stereocenters. The Morgan fingerprint density at radius 2 is 2.37 bits per heavy atom. The molecule has 1 saturated heterocycles. The first-order chi connectivity index (χ1) is 9.24. The molecule has 1 aromatic carbocycles. The zero-order chi connectivity index (χ0) is 13.7. The number of hydrazine groups is 1. The lowest BCUT2D eigenvalue weighted by atomic mass is 9.96. The molecule has 2 unspecified atom stereocenters. The Labute approximate surface area is 119 Å². The van der Waals surface area contributed by atoms with Crippen LogP contribution in [-0.4, -0.2) is 25.9 Å². The largest absolute Gasteiger partial charge is 0.496 e. The molecule has 19 heavy (non-hydrogen) atoms. The van der Waals surface area contributed by atoms with Crippen LogP contribution < -0.4 is 16.0 Å². The SMILES string of the molecule is COc1ccc(Cl)cc1CC(NN)C1CCCCO1. The predicted molar refractivity (Wildman–Crippen MR) is 76.4 cm³/mol. The van der Waals surface area contributed by atoms with E-state index in [1.54, 1.807) is 7.11 Å². The Balaban J connectivity index is 2.10. The van der Waals surface area contributed by atoms with Gasteiger partial charge in [-0.1, -0.05) is 11.6 Å². The number of nitrogens with one attached hydrogen (secondary N) is 1. The molecule has 0 amide bonds. The van der Waals surface area contributed by atoms with Gasteiger partial charge in [-0.05, 0) is 49.4 Å². The zero-order valence-corrected chi connectivity index (χ0v) is 12.0. The Morgan fingerprint density at radius 3 is 3.00 bits per heavy atom. The van der Waals surface area contributed by atoms with Crippen molar-refractivity contribution >= 4 is 11.6 Å². The molecule has 1 aromatic rings. The summed E-state index contributed by atoms with van der Waals surface area (Å²) in [5, 5.41) is 0.705. The molecule has 5 heteroatoms. The molecular formula is C14H21ClN2O2. The quantitative estimate of drug-likeness (QED) is 0.643. The van der Waals surface area contributed by atoms with Gasteiger partial charge in [0.05, 0.1) is 19.3 Å². The van der Waals surface area contributed by atoms with Crippen LogP contribution >= 0.6 is 11.6 Å². The summed E-state index contributed by atoms with van der Waals surface area (Å²) in [5.41, 5.74) is 3.92. The van der Waals surface area contributed by atoms with Crippen LogP contribution in [0.3, 0.4) is 0 Å². The van der Waals surface area contributed by atoms with Gasteiger partial charge in [0, 0.05) is 11.6 Å². The molecule has 1 heterocycles. The molecule has 4 nitrogen and oxygen atoms in total. The second-order valence-electron chi connectivity index (χ2n) is 4.84. The summed E-state index contributed by atoms with van der Waals surface area (Å²) in [6, 6.07) is 5.71. The standard InChI is InChI=1S/C14H21ClN2O2/c1-18-13-6-5-11(15)8-10(13)9-12(17-16)14-4-2-3-7-19-14/h5-6,8,12,14,17H,2-4,7,9,16H2,1H3. The van der Waals surface area contributed by atoms with Gasteiger partial charge >= 0.3 is 0 Å². The zero-order valence-electron chi connectivity index (χ0n) is 11.2. The fourth-order valence-electron chi connectivity index (χ4n) is 2.52. The van der Waals surface area contributed by atoms with E-state index < -0.39 is 0 Å². The van der Waals surface area contributed by atoms with Gasteiger partial charge in [-0.25, -0.2) is 0 Å². The number of ether oxygens (including phenoxy) is 2. The topological polar surface area (TPSA) is 56.5 Å². The lowest BCUT2D eigenvalue weighted by Crippen LogP contribution is -2.47. The van der Waals surface area contributed by atoms with Crippen molar-refractivity contribution in [1.29, 1.82) is 0 Å². The second kappa shape index (κ2) is 7.10. The average Bonchev–Trinajstić information content (AvgIpc) is 2.46. The van der Waals surface area contributed by atoms with Crippen LogP contribution in [0.4, 0.5) is 0 Å². The van der Waals surface area contributed by atoms with Crippen LogP contribution in [0.25, 0.3) is 0 Å². The van der Waals surface area contributed by atoms with Gasteiger partial charge < -0.3 is 9.47 Å². The van der Waals surface area contributed by atoms with E-state index in [9.17, 15) is 0 Å². The molecule has 1 aliphatic heterocycles. The van der Waals surface area contributed by atoms with Crippen LogP contribution in [0.2, 0.25) is 5.02 Å². The summed E-state index contributed by atoms with van der Waals surface area (Å²) < 4.78 is 11.2. The van der Waals surface area contributed by atoms with Gasteiger partial charge in [-0.3, -0.25) is 11.3 Å². The van der Waals surface area contributed by atoms with Crippen LogP contribution in [0.5, 0.6) is 5.75 Å². The molecule has 106 valence electrons. The molecule has 3 N–H and O–H groups in total. The maximum Gasteiger partial charge on any atom is 0.122 e. The number of halogens is 1. The van der Waals surface area contributed by atoms with Crippen molar-refractivity contribution in [2.24, 2.45) is 5.84 Å². The highest BCUT2D eigenvalue weighted by Crippen LogP contribution is 2.26. The molecule has 1 aliphatic rings. The van der Waals surface area contributed by atoms with Crippen LogP contribution in [-0.2, 0) is 11.2 Å². The average molecular weight is 285 g/mol. The van der Waals surface area contributed by atoms with Crippen LogP contribution in [0.1, 0.15) is 24.8 Å². The third-order valence-electron chi connectivity index (χ3n) is 3.56. The number of rotatable bonds is 5. The summed E-state index contributed by atoms with van der Waals surface area (Å²) in [6.45, 7) is 0.815. The van der Waals surface area contributed by atoms with E-state index in [0.717, 1.165) is 37.2 Å². The molecule has 0 spiro atoms. The van der Waals surface area contributed by atoms with Gasteiger partial charge in [-0.15, -0.1) is 0 Å². The predicted octanol–water partition coefficient (Wildman–Crippen LogP) is 2.29. The molecule has 0 aromatic heterocycles. The molecule has 2 rings (SSSR count). The second-order valence-corrected chi connectivity index (χ2v) is 5.27. The third kappa shape index (κ3) is 3.83. The maximum atomic E-state index is 6.05. The van der Waals surface area contributed by atoms with Gasteiger partial charge in [-0.2, -0.15) is 0 Å². The minimum atomic E-state index is 0.0765. The van der Waals surface area contributed by atoms with Gasteiger partial charge in [0.1, 0.15) is 5.75 Å². The fraction of sp³-hybridized carbons (Fsp3) is 0.571. The van der Waals surface area contributed by atoms with Crippen LogP contribution in [0.15, 0.2) is 18.2 Å². The summed E-state index contributed by atoms with van der Waals surface area (Å²) >= 11 is 6.05. The van der Waals surface area contributed by atoms with E-state index in [0.29, 0.717) is 5.02 Å². The lowest BCUT2D eigenvalue weighted by molar-refractivity contribution is -0.00752. The summed E-state index contributed by atoms with van der Waals surface area (Å²) in [4.78, 5) is 0. The van der Waals surface area contributed by atoms with E-state index in [4.69, 9.17) is 26.9 Å². The van der Waals surface area contributed by atoms with Gasteiger partial charge in [0.2, 0.25) is 0 Å². The van der Waals surface area contributed by atoms with Gasteiger partial charge in [0.15, 0.2) is 0 Å². The summed E-state index contributed by atoms with van der Waals surface area (Å²) in [6.07, 6.45) is 4.26. The molecular weight excluding hydrogens is 264 g/mol. The first-order valence-corrected chi connectivity index (χ1v) is 7.02. The Bertz CT molecular complexity index is 408. The van der Waals surface area contributed by atoms with E-state index in [-0.39, 0.29) is 12.1 Å². The van der Waals surface area contributed by atoms with Gasteiger partial charge in [0.25, 0.3) is 0 Å². The highest BCUT2D eigenvalue weighted by molar-refractivity contribution is 6.30. The van der Waals surface area contributed by atoms with E-state index in [1.807, 2.05) is 18.2 Å². The van der Waals surface area contributed by atoms with Crippen molar-refractivity contribution in [3.8, 4) is 5.75 Å². The van der Waals surface area contributed by atoms with E-state index in [1.165, 1.54) is 6.42 Å².